The normalized spacial score (nSPS) is 12.1. The van der Waals surface area contributed by atoms with Crippen LogP contribution < -0.4 is 0 Å². The molecule has 1 aromatic heterocycles. The van der Waals surface area contributed by atoms with Crippen LogP contribution in [0.5, 0.6) is 5.75 Å². The number of phenols is 1. The molecule has 1 N–H and O–H groups in total. The highest BCUT2D eigenvalue weighted by Crippen LogP contribution is 2.21. The van der Waals surface area contributed by atoms with Crippen molar-refractivity contribution >= 4 is 5.91 Å². The molecular formula is C13H16N4O2. The van der Waals surface area contributed by atoms with Crippen molar-refractivity contribution in [3.05, 3.63) is 42.5 Å². The van der Waals surface area contributed by atoms with Gasteiger partial charge in [-0.1, -0.05) is 12.1 Å². The summed E-state index contributed by atoms with van der Waals surface area (Å²) in [6.45, 7) is 2.10. The van der Waals surface area contributed by atoms with E-state index in [0.29, 0.717) is 0 Å². The summed E-state index contributed by atoms with van der Waals surface area (Å²) >= 11 is 0. The second-order valence-corrected chi connectivity index (χ2v) is 4.37. The van der Waals surface area contributed by atoms with Crippen LogP contribution in [-0.4, -0.2) is 37.7 Å². The Morgan fingerprint density at radius 3 is 2.68 bits per heavy atom. The predicted molar refractivity (Wildman–Crippen MR) is 69.3 cm³/mol. The predicted octanol–water partition coefficient (Wildman–Crippen LogP) is 1.20. The van der Waals surface area contributed by atoms with Crippen LogP contribution in [0.4, 0.5) is 0 Å². The summed E-state index contributed by atoms with van der Waals surface area (Å²) in [6.07, 6.45) is 2.91. The summed E-state index contributed by atoms with van der Waals surface area (Å²) in [5.74, 6) is 0.165. The van der Waals surface area contributed by atoms with Crippen molar-refractivity contribution in [1.82, 2.24) is 19.7 Å². The molecule has 6 nitrogen and oxygen atoms in total. The molecule has 0 spiro atoms. The lowest BCUT2D eigenvalue weighted by Crippen LogP contribution is -2.32. The fraction of sp³-hybridized carbons (Fsp3) is 0.308. The first-order chi connectivity index (χ1) is 9.08. The van der Waals surface area contributed by atoms with Crippen LogP contribution >= 0.6 is 0 Å². The molecule has 1 atom stereocenters. The Kier molecular flexibility index (Phi) is 3.79. The minimum absolute atomic E-state index is 0.0499. The molecule has 2 rings (SSSR count). The topological polar surface area (TPSA) is 71.2 Å². The van der Waals surface area contributed by atoms with E-state index in [1.807, 2.05) is 6.92 Å². The molecule has 0 fully saturated rings. The second kappa shape index (κ2) is 5.51. The molecule has 0 bridgehead atoms. The number of carbonyl (C=O) groups excluding carboxylic acids is 1. The molecule has 1 aromatic carbocycles. The lowest BCUT2D eigenvalue weighted by molar-refractivity contribution is -0.132. The van der Waals surface area contributed by atoms with E-state index in [4.69, 9.17) is 0 Å². The van der Waals surface area contributed by atoms with Crippen molar-refractivity contribution in [3.8, 4) is 5.75 Å². The van der Waals surface area contributed by atoms with Crippen LogP contribution in [-0.2, 0) is 11.3 Å². The van der Waals surface area contributed by atoms with Crippen LogP contribution in [0.15, 0.2) is 36.9 Å². The maximum atomic E-state index is 12.1. The molecule has 2 aromatic rings. The van der Waals surface area contributed by atoms with Gasteiger partial charge in [0.05, 0.1) is 6.04 Å². The molecule has 0 aliphatic heterocycles. The largest absolute Gasteiger partial charge is 0.508 e. The van der Waals surface area contributed by atoms with E-state index >= 15 is 0 Å². The number of rotatable bonds is 4. The SMILES string of the molecule is CC(c1ccc(O)cc1)N(C)C(=O)Cn1cncn1. The second-order valence-electron chi connectivity index (χ2n) is 4.37. The molecule has 0 radical (unpaired) electrons. The Morgan fingerprint density at radius 2 is 2.11 bits per heavy atom. The van der Waals surface area contributed by atoms with Crippen LogP contribution in [0, 0.1) is 0 Å². The summed E-state index contributed by atoms with van der Waals surface area (Å²) < 4.78 is 1.49. The van der Waals surface area contributed by atoms with Gasteiger partial charge in [0, 0.05) is 7.05 Å². The fourth-order valence-electron chi connectivity index (χ4n) is 1.76. The summed E-state index contributed by atoms with van der Waals surface area (Å²) in [7, 11) is 1.75. The first-order valence-electron chi connectivity index (χ1n) is 5.95. The molecular weight excluding hydrogens is 244 g/mol. The Morgan fingerprint density at radius 1 is 1.42 bits per heavy atom. The summed E-state index contributed by atoms with van der Waals surface area (Å²) in [4.78, 5) is 17.5. The van der Waals surface area contributed by atoms with Crippen molar-refractivity contribution in [1.29, 1.82) is 0 Å². The molecule has 0 aliphatic carbocycles. The minimum Gasteiger partial charge on any atom is -0.508 e. The van der Waals surface area contributed by atoms with E-state index < -0.39 is 0 Å². The van der Waals surface area contributed by atoms with E-state index in [1.165, 1.54) is 17.3 Å². The number of amides is 1. The highest BCUT2D eigenvalue weighted by atomic mass is 16.3. The highest BCUT2D eigenvalue weighted by molar-refractivity contribution is 5.76. The summed E-state index contributed by atoms with van der Waals surface area (Å²) in [5.41, 5.74) is 0.965. The van der Waals surface area contributed by atoms with Crippen LogP contribution in [0.2, 0.25) is 0 Å². The standard InChI is InChI=1S/C13H16N4O2/c1-10(11-3-5-12(18)6-4-11)16(2)13(19)7-17-9-14-8-15-17/h3-6,8-10,18H,7H2,1-2H3. The number of carbonyl (C=O) groups is 1. The fourth-order valence-corrected chi connectivity index (χ4v) is 1.76. The zero-order chi connectivity index (χ0) is 13.8. The number of hydrogen-bond donors (Lipinski definition) is 1. The zero-order valence-electron chi connectivity index (χ0n) is 10.9. The number of likely N-dealkylation sites (N-methyl/N-ethyl adjacent to an activating group) is 1. The van der Waals surface area contributed by atoms with Gasteiger partial charge in [0.1, 0.15) is 24.9 Å². The molecule has 19 heavy (non-hydrogen) atoms. The molecule has 1 unspecified atom stereocenters. The maximum absolute atomic E-state index is 12.1. The molecule has 1 amide bonds. The Hall–Kier alpha value is -2.37. The van der Waals surface area contributed by atoms with E-state index in [9.17, 15) is 9.90 Å². The third kappa shape index (κ3) is 3.09. The maximum Gasteiger partial charge on any atom is 0.244 e. The first kappa shape index (κ1) is 13.1. The van der Waals surface area contributed by atoms with Gasteiger partial charge < -0.3 is 10.0 Å². The average molecular weight is 260 g/mol. The number of hydrogen-bond acceptors (Lipinski definition) is 4. The van der Waals surface area contributed by atoms with Crippen LogP contribution in [0.25, 0.3) is 0 Å². The molecule has 0 saturated heterocycles. The van der Waals surface area contributed by atoms with Gasteiger partial charge in [-0.15, -0.1) is 0 Å². The number of benzene rings is 1. The molecule has 6 heteroatoms. The lowest BCUT2D eigenvalue weighted by Gasteiger charge is -2.25. The van der Waals surface area contributed by atoms with E-state index in [1.54, 1.807) is 36.2 Å². The van der Waals surface area contributed by atoms with E-state index in [2.05, 4.69) is 10.1 Å². The molecule has 0 aliphatic rings. The molecule has 100 valence electrons. The van der Waals surface area contributed by atoms with Crippen molar-refractivity contribution in [2.75, 3.05) is 7.05 Å². The third-order valence-electron chi connectivity index (χ3n) is 3.11. The van der Waals surface area contributed by atoms with E-state index in [0.717, 1.165) is 5.56 Å². The summed E-state index contributed by atoms with van der Waals surface area (Å²) in [6, 6.07) is 6.76. The molecule has 1 heterocycles. The third-order valence-corrected chi connectivity index (χ3v) is 3.11. The quantitative estimate of drug-likeness (QED) is 0.896. The van der Waals surface area contributed by atoms with Gasteiger partial charge in [0.15, 0.2) is 0 Å². The molecule has 0 saturated carbocycles. The average Bonchev–Trinajstić information content (AvgIpc) is 2.90. The number of phenolic OH excluding ortho intramolecular Hbond substituents is 1. The van der Waals surface area contributed by atoms with Gasteiger partial charge in [0.2, 0.25) is 5.91 Å². The Balaban J connectivity index is 2.04. The van der Waals surface area contributed by atoms with Crippen molar-refractivity contribution in [2.24, 2.45) is 0 Å². The zero-order valence-corrected chi connectivity index (χ0v) is 10.9. The van der Waals surface area contributed by atoms with Crippen molar-refractivity contribution in [3.63, 3.8) is 0 Å². The van der Waals surface area contributed by atoms with Crippen molar-refractivity contribution in [2.45, 2.75) is 19.5 Å². The van der Waals surface area contributed by atoms with Gasteiger partial charge in [-0.2, -0.15) is 5.10 Å². The van der Waals surface area contributed by atoms with Gasteiger partial charge in [-0.25, -0.2) is 9.67 Å². The monoisotopic (exact) mass is 260 g/mol. The smallest absolute Gasteiger partial charge is 0.244 e. The highest BCUT2D eigenvalue weighted by Gasteiger charge is 2.17. The van der Waals surface area contributed by atoms with E-state index in [-0.39, 0.29) is 24.2 Å². The first-order valence-corrected chi connectivity index (χ1v) is 5.95. The lowest BCUT2D eigenvalue weighted by atomic mass is 10.1. The van der Waals surface area contributed by atoms with Gasteiger partial charge >= 0.3 is 0 Å². The van der Waals surface area contributed by atoms with Crippen LogP contribution in [0.3, 0.4) is 0 Å². The van der Waals surface area contributed by atoms with Gasteiger partial charge in [0.25, 0.3) is 0 Å². The number of nitrogens with zero attached hydrogens (tertiary/aromatic N) is 4. The Bertz CT molecular complexity index is 536. The van der Waals surface area contributed by atoms with Gasteiger partial charge in [-0.05, 0) is 24.6 Å². The van der Waals surface area contributed by atoms with Gasteiger partial charge in [-0.3, -0.25) is 4.79 Å². The Labute approximate surface area is 111 Å². The summed E-state index contributed by atoms with van der Waals surface area (Å²) in [5, 5.41) is 13.2. The van der Waals surface area contributed by atoms with Crippen molar-refractivity contribution < 1.29 is 9.90 Å². The van der Waals surface area contributed by atoms with Crippen LogP contribution in [0.1, 0.15) is 18.5 Å². The number of aromatic nitrogens is 3. The minimum atomic E-state index is -0.0726. The number of aromatic hydroxyl groups is 1.